The van der Waals surface area contributed by atoms with Gasteiger partial charge >= 0.3 is 6.03 Å². The van der Waals surface area contributed by atoms with E-state index in [2.05, 4.69) is 21.3 Å². The number of nitrogen functional groups attached to an aromatic ring is 1. The van der Waals surface area contributed by atoms with Gasteiger partial charge < -0.3 is 30.0 Å². The number of hydrogen-bond acceptors (Lipinski definition) is 6. The van der Waals surface area contributed by atoms with Crippen LogP contribution in [0.1, 0.15) is 17.9 Å². The number of methoxy groups -OCH3 is 1. The van der Waals surface area contributed by atoms with Crippen LogP contribution in [0.15, 0.2) is 53.1 Å². The maximum Gasteiger partial charge on any atom is 0.317 e. The van der Waals surface area contributed by atoms with E-state index < -0.39 is 0 Å². The van der Waals surface area contributed by atoms with Crippen molar-refractivity contribution in [3.8, 4) is 17.1 Å². The molecule has 2 amide bonds. The van der Waals surface area contributed by atoms with Crippen LogP contribution in [0.3, 0.4) is 0 Å². The molecule has 1 fully saturated rings. The minimum Gasteiger partial charge on any atom is -0.496 e. The highest BCUT2D eigenvalue weighted by Crippen LogP contribution is 2.34. The van der Waals surface area contributed by atoms with Crippen LogP contribution in [-0.4, -0.2) is 49.2 Å². The first kappa shape index (κ1) is 21.5. The number of nitrogens with zero attached hydrogens (tertiary/aromatic N) is 3. The Labute approximate surface area is 188 Å². The molecule has 4 rings (SSSR count). The first-order valence-corrected chi connectivity index (χ1v) is 10.8. The number of rotatable bonds is 5. The second-order valence-electron chi connectivity index (χ2n) is 7.86. The van der Waals surface area contributed by atoms with Crippen LogP contribution in [0.4, 0.5) is 16.2 Å². The predicted octanol–water partition coefficient (Wildman–Crippen LogP) is 3.66. The number of carbonyl (C=O) groups is 1. The van der Waals surface area contributed by atoms with Gasteiger partial charge in [-0.3, -0.25) is 0 Å². The number of ether oxygens (including phenoxy) is 1. The van der Waals surface area contributed by atoms with Gasteiger partial charge in [-0.15, -0.1) is 0 Å². The number of benzene rings is 2. The Bertz CT molecular complexity index is 1060. The van der Waals surface area contributed by atoms with Crippen LogP contribution in [0, 0.1) is 6.92 Å². The Hall–Kier alpha value is -3.68. The molecule has 32 heavy (non-hydrogen) atoms. The van der Waals surface area contributed by atoms with Gasteiger partial charge in [-0.2, -0.15) is 0 Å². The fourth-order valence-electron chi connectivity index (χ4n) is 3.87. The maximum absolute atomic E-state index is 12.7. The molecule has 0 bridgehead atoms. The highest BCUT2D eigenvalue weighted by molar-refractivity contribution is 5.74. The highest BCUT2D eigenvalue weighted by Gasteiger charge is 2.20. The fourth-order valence-corrected chi connectivity index (χ4v) is 3.87. The molecule has 3 N–H and O–H groups in total. The van der Waals surface area contributed by atoms with Crippen molar-refractivity contribution >= 4 is 17.4 Å². The summed E-state index contributed by atoms with van der Waals surface area (Å²) in [7, 11) is 1.65. The molecule has 1 aliphatic heterocycles. The summed E-state index contributed by atoms with van der Waals surface area (Å²) in [5.41, 5.74) is 9.39. The van der Waals surface area contributed by atoms with E-state index in [1.807, 2.05) is 48.2 Å². The SMILES string of the molecule is COc1cc(N2CCCN(C(=O)NCc3ccc(N)cc3)CC2)ccc1-c1cnc(C)o1. The molecule has 0 saturated carbocycles. The van der Waals surface area contributed by atoms with Crippen LogP contribution in [0.5, 0.6) is 5.75 Å². The van der Waals surface area contributed by atoms with Gasteiger partial charge in [0.05, 0.1) is 18.9 Å². The molecular weight excluding hydrogens is 406 g/mol. The molecule has 1 aromatic heterocycles. The minimum atomic E-state index is -0.0442. The van der Waals surface area contributed by atoms with Crippen molar-refractivity contribution in [1.29, 1.82) is 0 Å². The monoisotopic (exact) mass is 435 g/mol. The average Bonchev–Trinajstić information content (AvgIpc) is 3.09. The van der Waals surface area contributed by atoms with E-state index >= 15 is 0 Å². The molecule has 0 aliphatic carbocycles. The lowest BCUT2D eigenvalue weighted by atomic mass is 10.1. The number of aryl methyl sites for hydroxylation is 1. The third-order valence-electron chi connectivity index (χ3n) is 5.64. The Morgan fingerprint density at radius 3 is 2.69 bits per heavy atom. The van der Waals surface area contributed by atoms with Crippen LogP contribution in [0.25, 0.3) is 11.3 Å². The zero-order chi connectivity index (χ0) is 22.5. The third-order valence-corrected chi connectivity index (χ3v) is 5.64. The van der Waals surface area contributed by atoms with Gasteiger partial charge in [0, 0.05) is 57.1 Å². The van der Waals surface area contributed by atoms with Gasteiger partial charge in [0.1, 0.15) is 5.75 Å². The fraction of sp³-hybridized carbons (Fsp3) is 0.333. The topological polar surface area (TPSA) is 96.9 Å². The van der Waals surface area contributed by atoms with Crippen LogP contribution in [0.2, 0.25) is 0 Å². The van der Waals surface area contributed by atoms with Gasteiger partial charge in [0.15, 0.2) is 11.7 Å². The number of carbonyl (C=O) groups excluding carboxylic acids is 1. The van der Waals surface area contributed by atoms with Crippen molar-refractivity contribution in [2.45, 2.75) is 19.9 Å². The van der Waals surface area contributed by atoms with E-state index in [9.17, 15) is 4.79 Å². The summed E-state index contributed by atoms with van der Waals surface area (Å²) in [5.74, 6) is 2.04. The lowest BCUT2D eigenvalue weighted by molar-refractivity contribution is 0.201. The molecule has 0 unspecified atom stereocenters. The van der Waals surface area contributed by atoms with E-state index in [4.69, 9.17) is 14.9 Å². The largest absolute Gasteiger partial charge is 0.496 e. The molecule has 2 aromatic carbocycles. The van der Waals surface area contributed by atoms with E-state index in [1.165, 1.54) is 0 Å². The molecule has 1 aliphatic rings. The predicted molar refractivity (Wildman–Crippen MR) is 125 cm³/mol. The smallest absolute Gasteiger partial charge is 0.317 e. The van der Waals surface area contributed by atoms with Crippen LogP contribution >= 0.6 is 0 Å². The van der Waals surface area contributed by atoms with Gasteiger partial charge in [0.25, 0.3) is 0 Å². The highest BCUT2D eigenvalue weighted by atomic mass is 16.5. The average molecular weight is 436 g/mol. The number of aromatic nitrogens is 1. The maximum atomic E-state index is 12.7. The minimum absolute atomic E-state index is 0.0442. The Kier molecular flexibility index (Phi) is 6.49. The summed E-state index contributed by atoms with van der Waals surface area (Å²) in [4.78, 5) is 21.0. The summed E-state index contributed by atoms with van der Waals surface area (Å²) in [6.45, 7) is 5.29. The normalized spacial score (nSPS) is 14.2. The molecule has 1 saturated heterocycles. The molecule has 0 spiro atoms. The first-order chi connectivity index (χ1) is 15.5. The van der Waals surface area contributed by atoms with Crippen molar-refractivity contribution in [1.82, 2.24) is 15.2 Å². The number of urea groups is 1. The van der Waals surface area contributed by atoms with Gasteiger partial charge in [-0.05, 0) is 36.2 Å². The zero-order valence-electron chi connectivity index (χ0n) is 18.5. The molecule has 0 atom stereocenters. The summed E-state index contributed by atoms with van der Waals surface area (Å²) in [6.07, 6.45) is 2.60. The summed E-state index contributed by atoms with van der Waals surface area (Å²) < 4.78 is 11.3. The molecule has 8 nitrogen and oxygen atoms in total. The molecular formula is C24H29N5O3. The van der Waals surface area contributed by atoms with E-state index in [1.54, 1.807) is 13.3 Å². The number of amides is 2. The number of oxazole rings is 1. The molecule has 2 heterocycles. The molecule has 0 radical (unpaired) electrons. The number of anilines is 2. The van der Waals surface area contributed by atoms with Crippen molar-refractivity contribution in [3.63, 3.8) is 0 Å². The van der Waals surface area contributed by atoms with Crippen LogP contribution < -0.4 is 20.7 Å². The standard InChI is InChI=1S/C24H29N5O3/c1-17-26-16-23(32-17)21-9-8-20(14-22(21)31-2)28-10-3-11-29(13-12-28)24(30)27-15-18-4-6-19(25)7-5-18/h4-9,14,16H,3,10-13,15,25H2,1-2H3,(H,27,30). The second kappa shape index (κ2) is 9.64. The van der Waals surface area contributed by atoms with E-state index in [-0.39, 0.29) is 6.03 Å². The lowest BCUT2D eigenvalue weighted by Gasteiger charge is -2.24. The van der Waals surface area contributed by atoms with E-state index in [0.717, 1.165) is 48.6 Å². The number of hydrogen-bond donors (Lipinski definition) is 2. The van der Waals surface area contributed by atoms with Gasteiger partial charge in [-0.25, -0.2) is 9.78 Å². The molecule has 3 aromatic rings. The van der Waals surface area contributed by atoms with Gasteiger partial charge in [-0.1, -0.05) is 12.1 Å². The second-order valence-corrected chi connectivity index (χ2v) is 7.86. The molecule has 8 heteroatoms. The van der Waals surface area contributed by atoms with Crippen molar-refractivity contribution in [3.05, 3.63) is 60.1 Å². The summed E-state index contributed by atoms with van der Waals surface area (Å²) in [5, 5.41) is 3.01. The lowest BCUT2D eigenvalue weighted by Crippen LogP contribution is -2.41. The van der Waals surface area contributed by atoms with Gasteiger partial charge in [0.2, 0.25) is 0 Å². The van der Waals surface area contributed by atoms with Crippen molar-refractivity contribution in [2.75, 3.05) is 43.9 Å². The number of nitrogens with one attached hydrogen (secondary N) is 1. The van der Waals surface area contributed by atoms with Crippen LogP contribution in [-0.2, 0) is 6.54 Å². The Balaban J connectivity index is 1.38. The number of nitrogens with two attached hydrogens (primary N) is 1. The quantitative estimate of drug-likeness (QED) is 0.594. The first-order valence-electron chi connectivity index (χ1n) is 10.8. The van der Waals surface area contributed by atoms with Crippen molar-refractivity contribution < 1.29 is 13.9 Å². The van der Waals surface area contributed by atoms with Crippen molar-refractivity contribution in [2.24, 2.45) is 0 Å². The summed E-state index contributed by atoms with van der Waals surface area (Å²) >= 11 is 0. The Morgan fingerprint density at radius 1 is 1.16 bits per heavy atom. The third kappa shape index (κ3) is 4.96. The Morgan fingerprint density at radius 2 is 1.97 bits per heavy atom. The zero-order valence-corrected chi connectivity index (χ0v) is 18.5. The van der Waals surface area contributed by atoms with E-state index in [0.29, 0.717) is 30.4 Å². The summed E-state index contributed by atoms with van der Waals surface area (Å²) in [6, 6.07) is 13.6. The molecule has 168 valence electrons.